The van der Waals surface area contributed by atoms with Crippen molar-refractivity contribution in [3.8, 4) is 0 Å². The van der Waals surface area contributed by atoms with Crippen molar-refractivity contribution >= 4 is 17.9 Å². The summed E-state index contributed by atoms with van der Waals surface area (Å²) in [6.45, 7) is 6.40. The van der Waals surface area contributed by atoms with E-state index in [9.17, 15) is 14.4 Å². The minimum atomic E-state index is -0.801. The molecule has 0 fully saturated rings. The first-order valence-electron chi connectivity index (χ1n) is 32.0. The second kappa shape index (κ2) is 64.3. The monoisotopic (exact) mass is 1070 g/mol. The van der Waals surface area contributed by atoms with Crippen molar-refractivity contribution in [1.82, 2.24) is 0 Å². The van der Waals surface area contributed by atoms with Gasteiger partial charge in [-0.25, -0.2) is 0 Å². The fourth-order valence-corrected chi connectivity index (χ4v) is 8.73. The zero-order valence-electron chi connectivity index (χ0n) is 50.2. The Morgan fingerprint density at radius 2 is 0.506 bits per heavy atom. The molecule has 0 aliphatic rings. The lowest BCUT2D eigenvalue weighted by atomic mass is 10.0. The Morgan fingerprint density at radius 3 is 0.805 bits per heavy atom. The van der Waals surface area contributed by atoms with Crippen molar-refractivity contribution in [2.75, 3.05) is 13.2 Å². The van der Waals surface area contributed by atoms with Gasteiger partial charge in [0.15, 0.2) is 6.10 Å². The number of unbranched alkanes of at least 4 members (excludes halogenated alkanes) is 26. The molecule has 438 valence electrons. The van der Waals surface area contributed by atoms with Crippen molar-refractivity contribution in [2.45, 2.75) is 297 Å². The molecule has 0 aliphatic carbocycles. The number of esters is 3. The van der Waals surface area contributed by atoms with E-state index in [4.69, 9.17) is 14.2 Å². The van der Waals surface area contributed by atoms with Crippen molar-refractivity contribution < 1.29 is 28.6 Å². The number of carbonyl (C=O) groups excluding carboxylic acids is 3. The lowest BCUT2D eigenvalue weighted by molar-refractivity contribution is -0.167. The Balaban J connectivity index is 4.42. The summed E-state index contributed by atoms with van der Waals surface area (Å²) in [5.41, 5.74) is 0. The molecule has 1 atom stereocenters. The van der Waals surface area contributed by atoms with Gasteiger partial charge >= 0.3 is 17.9 Å². The van der Waals surface area contributed by atoms with Gasteiger partial charge in [0.05, 0.1) is 0 Å². The summed E-state index contributed by atoms with van der Waals surface area (Å²) >= 11 is 0. The summed E-state index contributed by atoms with van der Waals surface area (Å²) in [7, 11) is 0. The minimum Gasteiger partial charge on any atom is -0.462 e. The number of hydrogen-bond donors (Lipinski definition) is 0. The van der Waals surface area contributed by atoms with Gasteiger partial charge in [-0.3, -0.25) is 14.4 Å². The number of allylic oxidation sites excluding steroid dienone is 20. The van der Waals surface area contributed by atoms with Gasteiger partial charge in [0.2, 0.25) is 0 Å². The van der Waals surface area contributed by atoms with E-state index in [1.807, 2.05) is 0 Å². The summed E-state index contributed by atoms with van der Waals surface area (Å²) in [5, 5.41) is 0. The van der Waals surface area contributed by atoms with Crippen LogP contribution in [0.1, 0.15) is 290 Å². The molecule has 0 aromatic rings. The lowest BCUT2D eigenvalue weighted by Crippen LogP contribution is -2.30. The van der Waals surface area contributed by atoms with E-state index in [0.717, 1.165) is 135 Å². The highest BCUT2D eigenvalue weighted by molar-refractivity contribution is 5.71. The van der Waals surface area contributed by atoms with E-state index in [1.165, 1.54) is 116 Å². The van der Waals surface area contributed by atoms with Crippen LogP contribution in [0.15, 0.2) is 122 Å². The lowest BCUT2D eigenvalue weighted by Gasteiger charge is -2.18. The van der Waals surface area contributed by atoms with Crippen LogP contribution in [0.2, 0.25) is 0 Å². The van der Waals surface area contributed by atoms with Crippen LogP contribution in [0.25, 0.3) is 0 Å². The fraction of sp³-hybridized carbons (Fsp3) is 0.676. The van der Waals surface area contributed by atoms with Gasteiger partial charge in [-0.15, -0.1) is 0 Å². The highest BCUT2D eigenvalue weighted by Crippen LogP contribution is 2.16. The summed E-state index contributed by atoms with van der Waals surface area (Å²) in [4.78, 5) is 38.3. The molecule has 0 saturated carbocycles. The van der Waals surface area contributed by atoms with Crippen LogP contribution in [0.4, 0.5) is 0 Å². The summed E-state index contributed by atoms with van der Waals surface area (Å²) in [6, 6.07) is 0. The van der Waals surface area contributed by atoms with Crippen molar-refractivity contribution in [3.05, 3.63) is 122 Å². The summed E-state index contributed by atoms with van der Waals surface area (Å²) < 4.78 is 16.9. The van der Waals surface area contributed by atoms with Gasteiger partial charge in [0.1, 0.15) is 13.2 Å². The topological polar surface area (TPSA) is 78.9 Å². The van der Waals surface area contributed by atoms with Crippen LogP contribution in [-0.4, -0.2) is 37.2 Å². The molecular formula is C71H118O6. The normalized spacial score (nSPS) is 12.9. The second-order valence-corrected chi connectivity index (χ2v) is 20.9. The Labute approximate surface area is 475 Å². The second-order valence-electron chi connectivity index (χ2n) is 20.9. The standard InChI is InChI=1S/C71H118O6/c1-4-7-10-13-16-19-22-25-28-30-32-33-34-35-36-37-39-40-43-46-49-52-55-58-61-64-70(73)76-67-68(66-75-69(72)63-60-57-54-51-48-45-42-27-24-21-18-15-12-9-6-3)77-71(74)65-62-59-56-53-50-47-44-41-38-31-29-26-23-20-17-14-11-8-5-2/h7-8,10-11,16-17,19-20,25-26,28-29,32-33,35-36,38,41,47,50,68H,4-6,9,12-15,18,21-24,27,30-31,34,37,39-40,42-46,48-49,51-67H2,1-3H3/b10-7-,11-8-,19-16-,20-17-,28-25-,29-26-,33-32-,36-35-,41-38-,50-47-. The van der Waals surface area contributed by atoms with Crippen molar-refractivity contribution in [3.63, 3.8) is 0 Å². The maximum Gasteiger partial charge on any atom is 0.306 e. The van der Waals surface area contributed by atoms with Crippen LogP contribution in [0.5, 0.6) is 0 Å². The van der Waals surface area contributed by atoms with Crippen LogP contribution in [0, 0.1) is 0 Å². The van der Waals surface area contributed by atoms with Crippen LogP contribution in [-0.2, 0) is 28.6 Å². The molecule has 0 aromatic heterocycles. The maximum absolute atomic E-state index is 12.9. The van der Waals surface area contributed by atoms with Gasteiger partial charge in [-0.2, -0.15) is 0 Å². The van der Waals surface area contributed by atoms with Gasteiger partial charge in [-0.05, 0) is 109 Å². The third-order valence-electron chi connectivity index (χ3n) is 13.5. The molecule has 6 nitrogen and oxygen atoms in total. The van der Waals surface area contributed by atoms with Gasteiger partial charge in [-0.1, -0.05) is 284 Å². The quantitative estimate of drug-likeness (QED) is 0.0261. The molecule has 0 saturated heterocycles. The molecule has 0 radical (unpaired) electrons. The zero-order chi connectivity index (χ0) is 55.7. The van der Waals surface area contributed by atoms with Gasteiger partial charge in [0, 0.05) is 19.3 Å². The molecule has 0 bridgehead atoms. The first kappa shape index (κ1) is 72.8. The fourth-order valence-electron chi connectivity index (χ4n) is 8.73. The molecule has 0 N–H and O–H groups in total. The molecule has 1 unspecified atom stereocenters. The molecule has 0 heterocycles. The van der Waals surface area contributed by atoms with Gasteiger partial charge in [0.25, 0.3) is 0 Å². The van der Waals surface area contributed by atoms with Crippen molar-refractivity contribution in [2.24, 2.45) is 0 Å². The predicted octanol–water partition coefficient (Wildman–Crippen LogP) is 22.0. The number of hydrogen-bond acceptors (Lipinski definition) is 6. The molecular weight excluding hydrogens is 949 g/mol. The highest BCUT2D eigenvalue weighted by atomic mass is 16.6. The SMILES string of the molecule is CC/C=C\C/C=C\C/C=C\C/C=C\C/C=C\CCCCCCCCCCCC(=O)OCC(COC(=O)CCCCCCCCCCCCCCCCC)OC(=O)CCCCC/C=C\C/C=C\C/C=C\C/C=C\C/C=C\CC. The molecule has 0 aromatic carbocycles. The van der Waals surface area contributed by atoms with Crippen LogP contribution < -0.4 is 0 Å². The number of rotatable bonds is 57. The molecule has 0 amide bonds. The molecule has 0 rings (SSSR count). The van der Waals surface area contributed by atoms with E-state index >= 15 is 0 Å². The molecule has 77 heavy (non-hydrogen) atoms. The van der Waals surface area contributed by atoms with E-state index in [-0.39, 0.29) is 37.5 Å². The average Bonchev–Trinajstić information content (AvgIpc) is 3.43. The third kappa shape index (κ3) is 62.5. The van der Waals surface area contributed by atoms with Gasteiger partial charge < -0.3 is 14.2 Å². The Bertz CT molecular complexity index is 1600. The van der Waals surface area contributed by atoms with E-state index in [0.29, 0.717) is 12.8 Å². The molecule has 0 aliphatic heterocycles. The Hall–Kier alpha value is -4.19. The average molecular weight is 1070 g/mol. The Morgan fingerprint density at radius 1 is 0.273 bits per heavy atom. The highest BCUT2D eigenvalue weighted by Gasteiger charge is 2.19. The van der Waals surface area contributed by atoms with E-state index in [2.05, 4.69) is 142 Å². The van der Waals surface area contributed by atoms with Crippen molar-refractivity contribution in [1.29, 1.82) is 0 Å². The number of carbonyl (C=O) groups is 3. The predicted molar refractivity (Wildman–Crippen MR) is 334 cm³/mol. The first-order chi connectivity index (χ1) is 38.0. The maximum atomic E-state index is 12.9. The molecule has 0 spiro atoms. The third-order valence-corrected chi connectivity index (χ3v) is 13.5. The summed E-state index contributed by atoms with van der Waals surface area (Å²) in [5.74, 6) is -0.925. The first-order valence-corrected chi connectivity index (χ1v) is 32.0. The number of ether oxygens (including phenoxy) is 3. The van der Waals surface area contributed by atoms with E-state index < -0.39 is 6.10 Å². The minimum absolute atomic E-state index is 0.0932. The van der Waals surface area contributed by atoms with E-state index in [1.54, 1.807) is 0 Å². The Kier molecular flexibility index (Phi) is 60.8. The molecule has 6 heteroatoms. The largest absolute Gasteiger partial charge is 0.462 e. The zero-order valence-corrected chi connectivity index (χ0v) is 50.2. The summed E-state index contributed by atoms with van der Waals surface area (Å²) in [6.07, 6.45) is 89.1. The van der Waals surface area contributed by atoms with Crippen LogP contribution in [0.3, 0.4) is 0 Å². The smallest absolute Gasteiger partial charge is 0.306 e. The van der Waals surface area contributed by atoms with Crippen LogP contribution >= 0.6 is 0 Å².